The molecule has 0 unspecified atom stereocenters. The summed E-state index contributed by atoms with van der Waals surface area (Å²) < 4.78 is 0. The fourth-order valence-electron chi connectivity index (χ4n) is 9.01. The van der Waals surface area contributed by atoms with E-state index in [4.69, 9.17) is 0 Å². The molecule has 194 valence electrons. The Morgan fingerprint density at radius 1 is 0.286 bits per heavy atom. The molecule has 0 heterocycles. The number of rotatable bonds is 0. The van der Waals surface area contributed by atoms with Crippen molar-refractivity contribution in [3.05, 3.63) is 212 Å². The molecule has 0 aliphatic heterocycles. The van der Waals surface area contributed by atoms with Crippen LogP contribution < -0.4 is 0 Å². The Balaban J connectivity index is 1.38. The van der Waals surface area contributed by atoms with Crippen LogP contribution in [0, 0.1) is 11.8 Å². The summed E-state index contributed by atoms with van der Waals surface area (Å²) in [6, 6.07) is 54.2. The molecule has 0 aromatic heterocycles. The highest BCUT2D eigenvalue weighted by molar-refractivity contribution is 5.79. The van der Waals surface area contributed by atoms with Crippen molar-refractivity contribution in [2.24, 2.45) is 0 Å². The monoisotopic (exact) mass is 530 g/mol. The third-order valence-electron chi connectivity index (χ3n) is 10.5. The fraction of sp³-hybridized carbons (Fsp3) is 0.0952. The summed E-state index contributed by atoms with van der Waals surface area (Å²) in [6.45, 7) is 0. The molecule has 0 spiro atoms. The second-order valence-electron chi connectivity index (χ2n) is 12.1. The van der Waals surface area contributed by atoms with Gasteiger partial charge in [-0.05, 0) is 66.8 Å². The van der Waals surface area contributed by atoms with E-state index in [-0.39, 0.29) is 11.8 Å². The first kappa shape index (κ1) is 22.6. The number of hydrogen-bond acceptors (Lipinski definition) is 0. The highest BCUT2D eigenvalue weighted by Crippen LogP contribution is 2.61. The zero-order chi connectivity index (χ0) is 27.5. The molecular weight excluding hydrogens is 504 g/mol. The van der Waals surface area contributed by atoms with Gasteiger partial charge in [0.1, 0.15) is 10.8 Å². The van der Waals surface area contributed by atoms with E-state index < -0.39 is 10.8 Å². The van der Waals surface area contributed by atoms with Crippen LogP contribution in [0.2, 0.25) is 0 Å². The standard InChI is InChI=1S/C42H26/c1-7-19-33-27(13-1)39-28-14-2-8-20-34(28)41(33,35-21-9-3-15-29(35)39)25-26-42-36-22-10-4-16-30(36)40(31-17-5-11-23-37(31)42)32-18-6-12-24-38(32)42/h1-24,39-40H. The molecule has 6 aliphatic rings. The maximum absolute atomic E-state index is 4.15. The van der Waals surface area contributed by atoms with Gasteiger partial charge in [-0.25, -0.2) is 0 Å². The van der Waals surface area contributed by atoms with Gasteiger partial charge in [0, 0.05) is 11.8 Å². The second kappa shape index (κ2) is 7.79. The van der Waals surface area contributed by atoms with Gasteiger partial charge in [0.15, 0.2) is 0 Å². The van der Waals surface area contributed by atoms with Crippen LogP contribution in [0.15, 0.2) is 146 Å². The van der Waals surface area contributed by atoms with Crippen molar-refractivity contribution in [2.45, 2.75) is 22.7 Å². The van der Waals surface area contributed by atoms with Gasteiger partial charge in [-0.3, -0.25) is 0 Å². The number of hydrogen-bond donors (Lipinski definition) is 0. The molecule has 6 aliphatic carbocycles. The van der Waals surface area contributed by atoms with Crippen molar-refractivity contribution in [3.8, 4) is 11.8 Å². The zero-order valence-corrected chi connectivity index (χ0v) is 23.0. The first-order chi connectivity index (χ1) is 20.8. The second-order valence-corrected chi connectivity index (χ2v) is 12.1. The third-order valence-corrected chi connectivity index (χ3v) is 10.5. The topological polar surface area (TPSA) is 0 Å². The predicted molar refractivity (Wildman–Crippen MR) is 168 cm³/mol. The fourth-order valence-corrected chi connectivity index (χ4v) is 9.01. The molecule has 0 amide bonds. The van der Waals surface area contributed by atoms with Gasteiger partial charge in [0.05, 0.1) is 0 Å². The van der Waals surface area contributed by atoms with E-state index in [0.717, 1.165) is 0 Å². The van der Waals surface area contributed by atoms with Crippen molar-refractivity contribution in [1.29, 1.82) is 0 Å². The Labute approximate surface area is 246 Å². The summed E-state index contributed by atoms with van der Waals surface area (Å²) >= 11 is 0. The molecule has 0 radical (unpaired) electrons. The zero-order valence-electron chi connectivity index (χ0n) is 23.0. The lowest BCUT2D eigenvalue weighted by Gasteiger charge is -2.50. The molecular formula is C42H26. The molecule has 42 heavy (non-hydrogen) atoms. The van der Waals surface area contributed by atoms with Crippen LogP contribution in [0.25, 0.3) is 0 Å². The molecule has 0 saturated heterocycles. The van der Waals surface area contributed by atoms with Gasteiger partial charge in [-0.15, -0.1) is 0 Å². The van der Waals surface area contributed by atoms with Crippen LogP contribution in [0.4, 0.5) is 0 Å². The van der Waals surface area contributed by atoms with Gasteiger partial charge >= 0.3 is 0 Å². The summed E-state index contributed by atoms with van der Waals surface area (Å²) in [6.07, 6.45) is 0. The van der Waals surface area contributed by atoms with E-state index in [1.807, 2.05) is 0 Å². The lowest BCUT2D eigenvalue weighted by molar-refractivity contribution is 0.648. The van der Waals surface area contributed by atoms with Crippen LogP contribution in [-0.2, 0) is 10.8 Å². The molecule has 4 bridgehead atoms. The lowest BCUT2D eigenvalue weighted by atomic mass is 9.51. The minimum Gasteiger partial charge on any atom is -0.0802 e. The van der Waals surface area contributed by atoms with E-state index in [1.165, 1.54) is 66.8 Å². The average molecular weight is 531 g/mol. The molecule has 0 nitrogen and oxygen atoms in total. The Morgan fingerprint density at radius 3 is 0.690 bits per heavy atom. The average Bonchev–Trinajstić information content (AvgIpc) is 3.07. The van der Waals surface area contributed by atoms with E-state index in [9.17, 15) is 0 Å². The highest BCUT2D eigenvalue weighted by Gasteiger charge is 2.54. The van der Waals surface area contributed by atoms with Crippen molar-refractivity contribution < 1.29 is 0 Å². The smallest absolute Gasteiger partial charge is 0.0802 e. The molecule has 6 aromatic carbocycles. The van der Waals surface area contributed by atoms with Crippen LogP contribution in [0.5, 0.6) is 0 Å². The minimum absolute atomic E-state index is 0.239. The maximum Gasteiger partial charge on any atom is 0.107 e. The maximum atomic E-state index is 4.15. The Hall–Kier alpha value is -5.12. The Bertz CT molecular complexity index is 1800. The summed E-state index contributed by atoms with van der Waals surface area (Å²) in [5.74, 6) is 8.78. The molecule has 0 heteroatoms. The Morgan fingerprint density at radius 2 is 0.476 bits per heavy atom. The van der Waals surface area contributed by atoms with Crippen molar-refractivity contribution in [1.82, 2.24) is 0 Å². The van der Waals surface area contributed by atoms with E-state index in [2.05, 4.69) is 157 Å². The first-order valence-electron chi connectivity index (χ1n) is 14.9. The quantitative estimate of drug-likeness (QED) is 0.172. The first-order valence-corrected chi connectivity index (χ1v) is 14.9. The molecule has 12 rings (SSSR count). The normalized spacial score (nSPS) is 24.2. The molecule has 0 atom stereocenters. The predicted octanol–water partition coefficient (Wildman–Crippen LogP) is 8.67. The van der Waals surface area contributed by atoms with Crippen LogP contribution >= 0.6 is 0 Å². The highest BCUT2D eigenvalue weighted by atomic mass is 14.5. The summed E-state index contributed by atoms with van der Waals surface area (Å²) in [5.41, 5.74) is 15.2. The van der Waals surface area contributed by atoms with Gasteiger partial charge in [-0.1, -0.05) is 157 Å². The van der Waals surface area contributed by atoms with Gasteiger partial charge in [-0.2, -0.15) is 0 Å². The molecule has 0 N–H and O–H groups in total. The summed E-state index contributed by atoms with van der Waals surface area (Å²) in [7, 11) is 0. The Kier molecular flexibility index (Phi) is 4.18. The van der Waals surface area contributed by atoms with Gasteiger partial charge < -0.3 is 0 Å². The molecule has 6 aromatic rings. The third kappa shape index (κ3) is 2.45. The van der Waals surface area contributed by atoms with Crippen molar-refractivity contribution in [3.63, 3.8) is 0 Å². The lowest BCUT2D eigenvalue weighted by Crippen LogP contribution is -2.43. The summed E-state index contributed by atoms with van der Waals surface area (Å²) in [5, 5.41) is 0. The van der Waals surface area contributed by atoms with E-state index in [1.54, 1.807) is 0 Å². The van der Waals surface area contributed by atoms with Crippen LogP contribution in [0.3, 0.4) is 0 Å². The van der Waals surface area contributed by atoms with Crippen molar-refractivity contribution >= 4 is 0 Å². The SMILES string of the molecule is C(#CC12c3ccccc3C(c3ccccc31)c1ccccc12)C12c3ccccc3C(c3ccccc31)c1ccccc12. The van der Waals surface area contributed by atoms with Crippen LogP contribution in [-0.4, -0.2) is 0 Å². The number of benzene rings is 6. The van der Waals surface area contributed by atoms with Gasteiger partial charge in [0.25, 0.3) is 0 Å². The van der Waals surface area contributed by atoms with Crippen molar-refractivity contribution in [2.75, 3.05) is 0 Å². The largest absolute Gasteiger partial charge is 0.107 e. The summed E-state index contributed by atoms with van der Waals surface area (Å²) in [4.78, 5) is 0. The molecule has 0 fully saturated rings. The van der Waals surface area contributed by atoms with E-state index >= 15 is 0 Å². The van der Waals surface area contributed by atoms with E-state index in [0.29, 0.717) is 0 Å². The molecule has 0 saturated carbocycles. The minimum atomic E-state index is -0.555. The van der Waals surface area contributed by atoms with Crippen LogP contribution in [0.1, 0.15) is 78.6 Å². The van der Waals surface area contributed by atoms with Gasteiger partial charge in [0.2, 0.25) is 0 Å².